The van der Waals surface area contributed by atoms with Gasteiger partial charge in [0.05, 0.1) is 28.9 Å². The number of amides is 3. The predicted molar refractivity (Wildman–Crippen MR) is 104 cm³/mol. The molecule has 0 spiro atoms. The molecule has 3 amide bonds. The highest BCUT2D eigenvalue weighted by Crippen LogP contribution is 2.22. The Bertz CT molecular complexity index is 869. The fourth-order valence-electron chi connectivity index (χ4n) is 2.35. The van der Waals surface area contributed by atoms with E-state index in [0.717, 1.165) is 0 Å². The number of carbonyl (C=O) groups is 3. The van der Waals surface area contributed by atoms with Crippen LogP contribution >= 0.6 is 11.3 Å². The van der Waals surface area contributed by atoms with Gasteiger partial charge in [0.1, 0.15) is 0 Å². The van der Waals surface area contributed by atoms with Crippen molar-refractivity contribution in [3.63, 3.8) is 0 Å². The molecule has 2 rings (SSSR count). The molecule has 9 nitrogen and oxygen atoms in total. The molecule has 28 heavy (non-hydrogen) atoms. The van der Waals surface area contributed by atoms with Crippen LogP contribution in [-0.4, -0.2) is 47.7 Å². The van der Waals surface area contributed by atoms with E-state index in [4.69, 9.17) is 0 Å². The lowest BCUT2D eigenvalue weighted by Crippen LogP contribution is -2.43. The molecule has 2 aromatic rings. The zero-order valence-corrected chi connectivity index (χ0v) is 16.2. The van der Waals surface area contributed by atoms with Gasteiger partial charge in [-0.1, -0.05) is 18.2 Å². The Morgan fingerprint density at radius 2 is 1.93 bits per heavy atom. The maximum atomic E-state index is 12.3. The van der Waals surface area contributed by atoms with E-state index in [-0.39, 0.29) is 30.6 Å². The van der Waals surface area contributed by atoms with Crippen molar-refractivity contribution in [1.29, 1.82) is 0 Å². The first kappa shape index (κ1) is 21.0. The van der Waals surface area contributed by atoms with Crippen molar-refractivity contribution in [2.45, 2.75) is 13.0 Å². The minimum atomic E-state index is -0.497. The molecule has 0 saturated heterocycles. The lowest BCUT2D eigenvalue weighted by molar-refractivity contribution is -0.384. The lowest BCUT2D eigenvalue weighted by atomic mass is 10.1. The van der Waals surface area contributed by atoms with E-state index in [0.29, 0.717) is 10.4 Å². The van der Waals surface area contributed by atoms with Crippen LogP contribution in [0.15, 0.2) is 41.8 Å². The summed E-state index contributed by atoms with van der Waals surface area (Å²) in [6.07, 6.45) is 0. The van der Waals surface area contributed by atoms with Crippen LogP contribution in [0.1, 0.15) is 28.2 Å². The number of nitro groups is 1. The largest absolute Gasteiger partial charge is 0.345 e. The average Bonchev–Trinajstić information content (AvgIpc) is 3.24. The van der Waals surface area contributed by atoms with E-state index >= 15 is 0 Å². The van der Waals surface area contributed by atoms with Gasteiger partial charge < -0.3 is 15.5 Å². The van der Waals surface area contributed by atoms with Gasteiger partial charge in [0.2, 0.25) is 11.8 Å². The zero-order valence-electron chi connectivity index (χ0n) is 15.4. The fraction of sp³-hybridized carbons (Fsp3) is 0.278. The summed E-state index contributed by atoms with van der Waals surface area (Å²) in [5.41, 5.74) is 0.555. The van der Waals surface area contributed by atoms with Crippen LogP contribution in [0.25, 0.3) is 0 Å². The number of nitro benzene ring substituents is 1. The quantitative estimate of drug-likeness (QED) is 0.512. The van der Waals surface area contributed by atoms with Gasteiger partial charge >= 0.3 is 0 Å². The highest BCUT2D eigenvalue weighted by atomic mass is 32.1. The van der Waals surface area contributed by atoms with Crippen molar-refractivity contribution in [3.05, 3.63) is 62.3 Å². The Balaban J connectivity index is 1.82. The van der Waals surface area contributed by atoms with Crippen LogP contribution in [0.3, 0.4) is 0 Å². The molecule has 0 aliphatic carbocycles. The van der Waals surface area contributed by atoms with E-state index in [1.54, 1.807) is 43.6 Å². The van der Waals surface area contributed by atoms with Crippen LogP contribution < -0.4 is 10.6 Å². The second-order valence-electron chi connectivity index (χ2n) is 5.97. The minimum Gasteiger partial charge on any atom is -0.345 e. The topological polar surface area (TPSA) is 122 Å². The molecule has 0 radical (unpaired) electrons. The highest BCUT2D eigenvalue weighted by Gasteiger charge is 2.20. The molecule has 1 heterocycles. The van der Waals surface area contributed by atoms with Gasteiger partial charge in [-0.2, -0.15) is 0 Å². The summed E-state index contributed by atoms with van der Waals surface area (Å²) in [5.74, 6) is -1.21. The van der Waals surface area contributed by atoms with Crippen molar-refractivity contribution in [2.75, 3.05) is 20.1 Å². The third-order valence-electron chi connectivity index (χ3n) is 4.13. The van der Waals surface area contributed by atoms with Crippen molar-refractivity contribution in [2.24, 2.45) is 0 Å². The maximum absolute atomic E-state index is 12.3. The molecule has 0 fully saturated rings. The van der Waals surface area contributed by atoms with E-state index in [9.17, 15) is 24.5 Å². The number of rotatable bonds is 8. The Labute approximate surface area is 165 Å². The van der Waals surface area contributed by atoms with Crippen molar-refractivity contribution in [1.82, 2.24) is 15.5 Å². The van der Waals surface area contributed by atoms with Gasteiger partial charge in [-0.05, 0) is 23.9 Å². The average molecular weight is 404 g/mol. The predicted octanol–water partition coefficient (Wildman–Crippen LogP) is 1.72. The third-order valence-corrected chi connectivity index (χ3v) is 5.00. The Kier molecular flexibility index (Phi) is 7.21. The first-order valence-corrected chi connectivity index (χ1v) is 9.26. The summed E-state index contributed by atoms with van der Waals surface area (Å²) in [6, 6.07) is 9.00. The van der Waals surface area contributed by atoms with Gasteiger partial charge in [0, 0.05) is 19.2 Å². The number of thiophene rings is 1. The highest BCUT2D eigenvalue weighted by molar-refractivity contribution is 7.12. The number of hydrogen-bond donors (Lipinski definition) is 2. The normalized spacial score (nSPS) is 11.4. The number of benzene rings is 1. The maximum Gasteiger partial charge on any atom is 0.269 e. The zero-order chi connectivity index (χ0) is 20.7. The van der Waals surface area contributed by atoms with Gasteiger partial charge in [0.25, 0.3) is 11.6 Å². The smallest absolute Gasteiger partial charge is 0.269 e. The summed E-state index contributed by atoms with van der Waals surface area (Å²) in [7, 11) is 1.55. The van der Waals surface area contributed by atoms with Gasteiger partial charge in [-0.3, -0.25) is 24.5 Å². The van der Waals surface area contributed by atoms with E-state index in [1.165, 1.54) is 28.4 Å². The molecule has 1 aromatic carbocycles. The summed E-state index contributed by atoms with van der Waals surface area (Å²) >= 11 is 1.26. The minimum absolute atomic E-state index is 0.0556. The number of nitrogens with zero attached hydrogens (tertiary/aromatic N) is 2. The van der Waals surface area contributed by atoms with Gasteiger partial charge in [-0.15, -0.1) is 11.3 Å². The molecule has 0 aliphatic rings. The SMILES string of the molecule is C[C@H](c1cccc([N+](=O)[O-])c1)N(C)C(=O)CNC(=O)CNC(=O)c1cccs1. The van der Waals surface area contributed by atoms with Crippen molar-refractivity contribution >= 4 is 34.7 Å². The summed E-state index contributed by atoms with van der Waals surface area (Å²) in [5, 5.41) is 17.6. The molecular weight excluding hydrogens is 384 g/mol. The Morgan fingerprint density at radius 3 is 2.57 bits per heavy atom. The molecule has 1 atom stereocenters. The second kappa shape index (κ2) is 9.60. The molecule has 0 unspecified atom stereocenters. The Hall–Kier alpha value is -3.27. The van der Waals surface area contributed by atoms with E-state index in [1.807, 2.05) is 0 Å². The molecule has 1 aromatic heterocycles. The van der Waals surface area contributed by atoms with Gasteiger partial charge in [-0.25, -0.2) is 0 Å². The summed E-state index contributed by atoms with van der Waals surface area (Å²) < 4.78 is 0. The molecule has 0 saturated carbocycles. The third kappa shape index (κ3) is 5.61. The lowest BCUT2D eigenvalue weighted by Gasteiger charge is -2.25. The molecule has 0 aliphatic heterocycles. The van der Waals surface area contributed by atoms with Crippen LogP contribution in [0.4, 0.5) is 5.69 Å². The van der Waals surface area contributed by atoms with Crippen LogP contribution in [-0.2, 0) is 9.59 Å². The van der Waals surface area contributed by atoms with Crippen LogP contribution in [0.2, 0.25) is 0 Å². The number of nitrogens with one attached hydrogen (secondary N) is 2. The molecule has 148 valence electrons. The fourth-order valence-corrected chi connectivity index (χ4v) is 2.99. The van der Waals surface area contributed by atoms with Crippen molar-refractivity contribution < 1.29 is 19.3 Å². The van der Waals surface area contributed by atoms with E-state index in [2.05, 4.69) is 10.6 Å². The molecule has 0 bridgehead atoms. The number of likely N-dealkylation sites (N-methyl/N-ethyl adjacent to an activating group) is 1. The second-order valence-corrected chi connectivity index (χ2v) is 6.92. The monoisotopic (exact) mass is 404 g/mol. The molecule has 10 heteroatoms. The molecular formula is C18H20N4O5S. The summed E-state index contributed by atoms with van der Waals surface area (Å²) in [6.45, 7) is 1.25. The number of carbonyl (C=O) groups excluding carboxylic acids is 3. The van der Waals surface area contributed by atoms with Crippen LogP contribution in [0, 0.1) is 10.1 Å². The van der Waals surface area contributed by atoms with Gasteiger partial charge in [0.15, 0.2) is 0 Å². The number of non-ortho nitro benzene ring substituents is 1. The summed E-state index contributed by atoms with van der Waals surface area (Å²) in [4.78, 5) is 48.2. The standard InChI is InChI=1S/C18H20N4O5S/c1-12(13-5-3-6-14(9-13)22(26)27)21(2)17(24)11-19-16(23)10-20-18(25)15-7-4-8-28-15/h3-9,12H,10-11H2,1-2H3,(H,19,23)(H,20,25)/t12-/m1/s1. The first-order chi connectivity index (χ1) is 13.3. The molecule has 2 N–H and O–H groups in total. The Morgan fingerprint density at radius 1 is 1.18 bits per heavy atom. The first-order valence-electron chi connectivity index (χ1n) is 8.38. The number of hydrogen-bond acceptors (Lipinski definition) is 6. The van der Waals surface area contributed by atoms with E-state index < -0.39 is 16.9 Å². The van der Waals surface area contributed by atoms with Crippen LogP contribution in [0.5, 0.6) is 0 Å². The van der Waals surface area contributed by atoms with Crippen molar-refractivity contribution in [3.8, 4) is 0 Å².